The number of nitrogens with two attached hydrogens (primary N) is 2. The third kappa shape index (κ3) is 4.91. The second-order valence-electron chi connectivity index (χ2n) is 2.85. The van der Waals surface area contributed by atoms with E-state index in [1.165, 1.54) is 0 Å². The smallest absolute Gasteiger partial charge is 0.280 e. The Kier molecular flexibility index (Phi) is 5.60. The van der Waals surface area contributed by atoms with E-state index in [2.05, 4.69) is 12.6 Å². The predicted octanol–water partition coefficient (Wildman–Crippen LogP) is -1.23. The zero-order chi connectivity index (χ0) is 11.4. The number of hydrogen-bond donors (Lipinski definition) is 4. The van der Waals surface area contributed by atoms with Crippen molar-refractivity contribution in [3.63, 3.8) is 0 Å². The predicted molar refractivity (Wildman–Crippen MR) is 55.6 cm³/mol. The molecule has 0 aromatic rings. The van der Waals surface area contributed by atoms with Gasteiger partial charge in [-0.15, -0.1) is 0 Å². The van der Waals surface area contributed by atoms with E-state index in [-0.39, 0.29) is 24.4 Å². The van der Waals surface area contributed by atoms with Gasteiger partial charge < -0.3 is 11.5 Å². The lowest BCUT2D eigenvalue weighted by Gasteiger charge is -2.09. The van der Waals surface area contributed by atoms with Crippen molar-refractivity contribution < 1.29 is 17.8 Å². The molecule has 0 heterocycles. The zero-order valence-electron chi connectivity index (χ0n) is 7.46. The van der Waals surface area contributed by atoms with E-state index in [4.69, 9.17) is 16.0 Å². The van der Waals surface area contributed by atoms with Crippen LogP contribution in [-0.2, 0) is 14.9 Å². The van der Waals surface area contributed by atoms with Crippen molar-refractivity contribution in [2.45, 2.75) is 24.3 Å². The molecule has 0 radical (unpaired) electrons. The molecule has 6 nitrogen and oxygen atoms in total. The molecule has 8 heteroatoms. The van der Waals surface area contributed by atoms with Gasteiger partial charge in [-0.2, -0.15) is 21.0 Å². The van der Waals surface area contributed by atoms with E-state index < -0.39 is 21.5 Å². The molecule has 14 heavy (non-hydrogen) atoms. The Morgan fingerprint density at radius 2 is 1.93 bits per heavy atom. The summed E-state index contributed by atoms with van der Waals surface area (Å²) in [6.45, 7) is 0. The fourth-order valence-corrected chi connectivity index (χ4v) is 1.34. The van der Waals surface area contributed by atoms with Gasteiger partial charge in [0.25, 0.3) is 10.1 Å². The lowest BCUT2D eigenvalue weighted by molar-refractivity contribution is -0.119. The number of ketones is 1. The molecule has 0 aromatic carbocycles. The first-order valence-electron chi connectivity index (χ1n) is 3.90. The fourth-order valence-electron chi connectivity index (χ4n) is 0.721. The van der Waals surface area contributed by atoms with Crippen molar-refractivity contribution in [2.24, 2.45) is 11.5 Å². The van der Waals surface area contributed by atoms with Gasteiger partial charge in [-0.25, -0.2) is 0 Å². The molecule has 0 fully saturated rings. The van der Waals surface area contributed by atoms with Gasteiger partial charge >= 0.3 is 0 Å². The highest BCUT2D eigenvalue weighted by Gasteiger charge is 2.20. The van der Waals surface area contributed by atoms with Crippen LogP contribution in [0.1, 0.15) is 12.8 Å². The minimum atomic E-state index is -4.27. The molecule has 0 saturated carbocycles. The van der Waals surface area contributed by atoms with Crippen LogP contribution in [0.5, 0.6) is 0 Å². The highest BCUT2D eigenvalue weighted by molar-refractivity contribution is 7.86. The van der Waals surface area contributed by atoms with Crippen LogP contribution in [-0.4, -0.2) is 35.9 Å². The van der Waals surface area contributed by atoms with Crippen LogP contribution in [0.15, 0.2) is 0 Å². The molecule has 2 unspecified atom stereocenters. The van der Waals surface area contributed by atoms with Gasteiger partial charge in [0, 0.05) is 12.2 Å². The van der Waals surface area contributed by atoms with Gasteiger partial charge in [-0.1, -0.05) is 0 Å². The summed E-state index contributed by atoms with van der Waals surface area (Å²) < 4.78 is 29.4. The van der Waals surface area contributed by atoms with Crippen molar-refractivity contribution in [1.82, 2.24) is 0 Å². The molecule has 2 atom stereocenters. The molecular formula is C6H14N2O4S2. The number of rotatable bonds is 6. The first-order valence-corrected chi connectivity index (χ1v) is 6.03. The molecule has 0 spiro atoms. The maximum Gasteiger partial charge on any atom is 0.280 e. The molecule has 0 amide bonds. The van der Waals surface area contributed by atoms with E-state index in [1.807, 2.05) is 0 Å². The number of Topliss-reactive ketones (excluding diaryl/α,β-unsaturated/α-hetero) is 1. The monoisotopic (exact) mass is 242 g/mol. The van der Waals surface area contributed by atoms with Crippen LogP contribution in [0.25, 0.3) is 0 Å². The highest BCUT2D eigenvalue weighted by Crippen LogP contribution is 2.03. The summed E-state index contributed by atoms with van der Waals surface area (Å²) in [7, 11) is -4.27. The largest absolute Gasteiger partial charge is 0.321 e. The lowest BCUT2D eigenvalue weighted by Crippen LogP contribution is -2.35. The van der Waals surface area contributed by atoms with Crippen molar-refractivity contribution in [3.05, 3.63) is 0 Å². The van der Waals surface area contributed by atoms with Crippen LogP contribution in [0.3, 0.4) is 0 Å². The average molecular weight is 242 g/mol. The fraction of sp³-hybridized carbons (Fsp3) is 0.833. The van der Waals surface area contributed by atoms with Crippen molar-refractivity contribution >= 4 is 28.5 Å². The topological polar surface area (TPSA) is 123 Å². The molecular weight excluding hydrogens is 228 g/mol. The minimum Gasteiger partial charge on any atom is -0.321 e. The Balaban J connectivity index is 4.02. The Bertz CT molecular complexity index is 290. The van der Waals surface area contributed by atoms with Gasteiger partial charge in [0.2, 0.25) is 0 Å². The zero-order valence-corrected chi connectivity index (χ0v) is 9.17. The average Bonchev–Trinajstić information content (AvgIpc) is 2.10. The van der Waals surface area contributed by atoms with Crippen LogP contribution in [0.4, 0.5) is 0 Å². The van der Waals surface area contributed by atoms with E-state index in [0.29, 0.717) is 0 Å². The Morgan fingerprint density at radius 3 is 2.29 bits per heavy atom. The summed E-state index contributed by atoms with van der Waals surface area (Å²) in [6, 6.07) is -0.716. The molecule has 0 rings (SSSR count). The SMILES string of the molecule is NC(CS)C(=O)CCC(N)S(=O)(=O)O. The molecule has 0 aliphatic rings. The lowest BCUT2D eigenvalue weighted by atomic mass is 10.1. The van der Waals surface area contributed by atoms with Crippen LogP contribution >= 0.6 is 12.6 Å². The Labute approximate surface area is 88.2 Å². The first kappa shape index (κ1) is 13.8. The minimum absolute atomic E-state index is 0.0807. The van der Waals surface area contributed by atoms with Gasteiger partial charge in [0.15, 0.2) is 0 Å². The summed E-state index contributed by atoms with van der Waals surface area (Å²) in [6.07, 6.45) is -0.220. The number of thiol groups is 1. The number of carbonyl (C=O) groups is 1. The maximum absolute atomic E-state index is 11.1. The Morgan fingerprint density at radius 1 is 1.43 bits per heavy atom. The maximum atomic E-state index is 11.1. The number of hydrogen-bond acceptors (Lipinski definition) is 6. The molecule has 5 N–H and O–H groups in total. The van der Waals surface area contributed by atoms with E-state index >= 15 is 0 Å². The quantitative estimate of drug-likeness (QED) is 0.341. The summed E-state index contributed by atoms with van der Waals surface area (Å²) >= 11 is 3.81. The second kappa shape index (κ2) is 5.66. The van der Waals surface area contributed by atoms with E-state index in [1.54, 1.807) is 0 Å². The van der Waals surface area contributed by atoms with Crippen molar-refractivity contribution in [2.75, 3.05) is 5.75 Å². The van der Waals surface area contributed by atoms with Crippen LogP contribution in [0.2, 0.25) is 0 Å². The van der Waals surface area contributed by atoms with E-state index in [0.717, 1.165) is 0 Å². The Hall–Kier alpha value is -0.150. The normalized spacial score (nSPS) is 16.3. The molecule has 0 saturated heterocycles. The van der Waals surface area contributed by atoms with Gasteiger partial charge in [0.05, 0.1) is 6.04 Å². The summed E-state index contributed by atoms with van der Waals surface area (Å²) in [5.74, 6) is -0.126. The molecule has 0 bridgehead atoms. The van der Waals surface area contributed by atoms with Crippen LogP contribution in [0, 0.1) is 0 Å². The van der Waals surface area contributed by atoms with Gasteiger partial charge in [0.1, 0.15) is 11.2 Å². The number of carbonyl (C=O) groups excluding carboxylic acids is 1. The third-order valence-corrected chi connectivity index (χ3v) is 3.06. The summed E-state index contributed by atoms with van der Waals surface area (Å²) in [5.41, 5.74) is 10.4. The first-order chi connectivity index (χ1) is 6.29. The standard InChI is InChI=1S/C6H14N2O4S2/c7-4(3-13)5(9)1-2-6(8)14(10,11)12/h4,6,13H,1-3,7-8H2,(H,10,11,12). The summed E-state index contributed by atoms with van der Waals surface area (Å²) in [5, 5.41) is -1.43. The molecule has 0 aliphatic carbocycles. The second-order valence-corrected chi connectivity index (χ2v) is 4.85. The molecule has 0 aliphatic heterocycles. The van der Waals surface area contributed by atoms with Crippen molar-refractivity contribution in [1.29, 1.82) is 0 Å². The summed E-state index contributed by atoms with van der Waals surface area (Å²) in [4.78, 5) is 11.1. The van der Waals surface area contributed by atoms with E-state index in [9.17, 15) is 13.2 Å². The van der Waals surface area contributed by atoms with Gasteiger partial charge in [-0.05, 0) is 6.42 Å². The van der Waals surface area contributed by atoms with Gasteiger partial charge in [-0.3, -0.25) is 9.35 Å². The molecule has 0 aromatic heterocycles. The van der Waals surface area contributed by atoms with Crippen molar-refractivity contribution in [3.8, 4) is 0 Å². The molecule has 84 valence electrons. The highest BCUT2D eigenvalue weighted by atomic mass is 32.2. The third-order valence-electron chi connectivity index (χ3n) is 1.67. The van der Waals surface area contributed by atoms with Crippen LogP contribution < -0.4 is 11.5 Å².